The Labute approximate surface area is 126 Å². The van der Waals surface area contributed by atoms with Gasteiger partial charge in [0.15, 0.2) is 0 Å². The number of rotatable bonds is 1. The van der Waals surface area contributed by atoms with Gasteiger partial charge in [0.05, 0.1) is 11.1 Å². The summed E-state index contributed by atoms with van der Waals surface area (Å²) in [5, 5.41) is 3.56. The lowest BCUT2D eigenvalue weighted by Gasteiger charge is -2.14. The molecule has 3 rings (SSSR count). The Morgan fingerprint density at radius 1 is 1.10 bits per heavy atom. The quantitative estimate of drug-likeness (QED) is 0.629. The Morgan fingerprint density at radius 3 is 2.52 bits per heavy atom. The van der Waals surface area contributed by atoms with E-state index in [0.717, 1.165) is 10.6 Å². The molecule has 0 radical (unpaired) electrons. The third-order valence-electron chi connectivity index (χ3n) is 2.83. The molecule has 0 bridgehead atoms. The highest BCUT2D eigenvalue weighted by atomic mass is 35.5. The number of hydrogen-bond acceptors (Lipinski definition) is 3. The van der Waals surface area contributed by atoms with Crippen molar-refractivity contribution in [1.29, 1.82) is 0 Å². The maximum Gasteiger partial charge on any atom is 0.417 e. The molecule has 0 amide bonds. The molecule has 0 unspecified atom stereocenters. The molecule has 0 N–H and O–H groups in total. The maximum atomic E-state index is 13.1. The van der Waals surface area contributed by atoms with Gasteiger partial charge in [0, 0.05) is 5.56 Å². The summed E-state index contributed by atoms with van der Waals surface area (Å²) < 4.78 is 40.5. The summed E-state index contributed by atoms with van der Waals surface area (Å²) in [6.07, 6.45) is -3.36. The summed E-state index contributed by atoms with van der Waals surface area (Å²) in [5.41, 5.74) is -1.05. The minimum atomic E-state index is -4.54. The van der Waals surface area contributed by atoms with E-state index in [4.69, 9.17) is 23.2 Å². The van der Waals surface area contributed by atoms with E-state index in [1.807, 2.05) is 0 Å². The van der Waals surface area contributed by atoms with Crippen molar-refractivity contribution >= 4 is 29.0 Å². The molecule has 0 saturated carbocycles. The van der Waals surface area contributed by atoms with E-state index in [1.165, 1.54) is 24.5 Å². The van der Waals surface area contributed by atoms with Crippen LogP contribution >= 0.6 is 23.2 Å². The van der Waals surface area contributed by atoms with Gasteiger partial charge in [-0.05, 0) is 6.07 Å². The van der Waals surface area contributed by atoms with Crippen LogP contribution in [-0.4, -0.2) is 19.6 Å². The fraction of sp³-hybridized carbons (Fsp3) is 0.0833. The van der Waals surface area contributed by atoms with Gasteiger partial charge in [-0.25, -0.2) is 0 Å². The van der Waals surface area contributed by atoms with Crippen molar-refractivity contribution in [3.8, 4) is 11.1 Å². The molecular formula is C12H5Cl2F3N4. The van der Waals surface area contributed by atoms with E-state index in [0.29, 0.717) is 0 Å². The molecule has 1 aromatic carbocycles. The zero-order valence-electron chi connectivity index (χ0n) is 10.1. The molecule has 0 fully saturated rings. The second-order valence-electron chi connectivity index (χ2n) is 4.08. The average molecular weight is 333 g/mol. The molecule has 9 heteroatoms. The first-order chi connectivity index (χ1) is 9.89. The highest BCUT2D eigenvalue weighted by molar-refractivity contribution is 6.38. The lowest BCUT2D eigenvalue weighted by Crippen LogP contribution is -2.08. The second kappa shape index (κ2) is 4.85. The fourth-order valence-electron chi connectivity index (χ4n) is 1.96. The van der Waals surface area contributed by atoms with Crippen molar-refractivity contribution in [2.45, 2.75) is 6.18 Å². The molecule has 0 aliphatic carbocycles. The molecule has 4 nitrogen and oxygen atoms in total. The first kappa shape index (κ1) is 14.1. The zero-order valence-corrected chi connectivity index (χ0v) is 11.6. The Bertz CT molecular complexity index is 829. The van der Waals surface area contributed by atoms with Gasteiger partial charge in [0.25, 0.3) is 5.78 Å². The Morgan fingerprint density at radius 2 is 1.81 bits per heavy atom. The summed E-state index contributed by atoms with van der Waals surface area (Å²) in [6.45, 7) is 0. The summed E-state index contributed by atoms with van der Waals surface area (Å²) in [6, 6.07) is 4.98. The number of aromatic nitrogens is 4. The van der Waals surface area contributed by atoms with Crippen LogP contribution in [-0.2, 0) is 6.18 Å². The fourth-order valence-corrected chi connectivity index (χ4v) is 2.58. The highest BCUT2D eigenvalue weighted by Gasteiger charge is 2.34. The van der Waals surface area contributed by atoms with E-state index < -0.39 is 11.7 Å². The van der Waals surface area contributed by atoms with Gasteiger partial charge in [-0.3, -0.25) is 0 Å². The minimum absolute atomic E-state index is 0.0377. The summed E-state index contributed by atoms with van der Waals surface area (Å²) >= 11 is 12.1. The number of alkyl halides is 3. The monoisotopic (exact) mass is 332 g/mol. The average Bonchev–Trinajstić information content (AvgIpc) is 2.86. The van der Waals surface area contributed by atoms with Gasteiger partial charge < -0.3 is 0 Å². The van der Waals surface area contributed by atoms with Gasteiger partial charge in [-0.2, -0.15) is 32.8 Å². The Kier molecular flexibility index (Phi) is 3.26. The molecule has 2 aromatic heterocycles. The van der Waals surface area contributed by atoms with Gasteiger partial charge in [0.2, 0.25) is 0 Å². The van der Waals surface area contributed by atoms with Crippen LogP contribution in [0.25, 0.3) is 16.9 Å². The Balaban J connectivity index is 2.36. The molecular weight excluding hydrogens is 328 g/mol. The third kappa shape index (κ3) is 2.32. The van der Waals surface area contributed by atoms with Crippen molar-refractivity contribution in [1.82, 2.24) is 19.6 Å². The van der Waals surface area contributed by atoms with Gasteiger partial charge in [0.1, 0.15) is 16.6 Å². The van der Waals surface area contributed by atoms with Crippen LogP contribution in [0.1, 0.15) is 5.56 Å². The van der Waals surface area contributed by atoms with Crippen molar-refractivity contribution < 1.29 is 13.2 Å². The molecule has 0 atom stereocenters. The van der Waals surface area contributed by atoms with Crippen molar-refractivity contribution in [3.05, 3.63) is 46.5 Å². The number of fused-ring (bicyclic) bond motifs is 1. The van der Waals surface area contributed by atoms with Crippen LogP contribution in [0.15, 0.2) is 30.6 Å². The molecule has 0 aliphatic rings. The lowest BCUT2D eigenvalue weighted by molar-refractivity contribution is -0.137. The van der Waals surface area contributed by atoms with Crippen LogP contribution in [0.3, 0.4) is 0 Å². The topological polar surface area (TPSA) is 43.1 Å². The molecule has 0 aliphatic heterocycles. The number of nitrogens with zero attached hydrogens (tertiary/aromatic N) is 4. The van der Waals surface area contributed by atoms with Crippen molar-refractivity contribution in [3.63, 3.8) is 0 Å². The summed E-state index contributed by atoms with van der Waals surface area (Å²) in [4.78, 5) is 7.69. The van der Waals surface area contributed by atoms with Crippen molar-refractivity contribution in [2.75, 3.05) is 0 Å². The predicted molar refractivity (Wildman–Crippen MR) is 71.2 cm³/mol. The molecule has 108 valence electrons. The third-order valence-corrected chi connectivity index (χ3v) is 3.45. The van der Waals surface area contributed by atoms with E-state index in [1.54, 1.807) is 0 Å². The molecule has 21 heavy (non-hydrogen) atoms. The van der Waals surface area contributed by atoms with Gasteiger partial charge in [-0.15, -0.1) is 0 Å². The lowest BCUT2D eigenvalue weighted by atomic mass is 10.0. The molecule has 3 aromatic rings. The van der Waals surface area contributed by atoms with E-state index in [9.17, 15) is 13.2 Å². The minimum Gasteiger partial charge on any atom is -0.198 e. The van der Waals surface area contributed by atoms with Crippen LogP contribution in [0.4, 0.5) is 13.2 Å². The molecule has 0 spiro atoms. The Hall–Kier alpha value is -1.86. The predicted octanol–water partition coefficient (Wildman–Crippen LogP) is 4.12. The van der Waals surface area contributed by atoms with E-state index in [2.05, 4.69) is 15.1 Å². The summed E-state index contributed by atoms with van der Waals surface area (Å²) in [7, 11) is 0. The zero-order chi connectivity index (χ0) is 15.2. The summed E-state index contributed by atoms with van der Waals surface area (Å²) in [5.74, 6) is 0.109. The van der Waals surface area contributed by atoms with E-state index >= 15 is 0 Å². The SMILES string of the molecule is FC(F)(F)c1ccccc1-c1c(Cl)nc2ncnn2c1Cl. The van der Waals surface area contributed by atoms with Crippen LogP contribution in [0.2, 0.25) is 10.3 Å². The first-order valence-electron chi connectivity index (χ1n) is 5.61. The normalized spacial score (nSPS) is 12.0. The van der Waals surface area contributed by atoms with Crippen LogP contribution in [0, 0.1) is 0 Å². The van der Waals surface area contributed by atoms with Gasteiger partial charge >= 0.3 is 6.18 Å². The largest absolute Gasteiger partial charge is 0.417 e. The maximum absolute atomic E-state index is 13.1. The molecule has 0 saturated heterocycles. The van der Waals surface area contributed by atoms with E-state index in [-0.39, 0.29) is 27.2 Å². The number of halogens is 5. The van der Waals surface area contributed by atoms with Crippen molar-refractivity contribution in [2.24, 2.45) is 0 Å². The first-order valence-corrected chi connectivity index (χ1v) is 6.36. The van der Waals surface area contributed by atoms with Crippen LogP contribution in [0.5, 0.6) is 0 Å². The second-order valence-corrected chi connectivity index (χ2v) is 4.80. The van der Waals surface area contributed by atoms with Crippen LogP contribution < -0.4 is 0 Å². The number of benzene rings is 1. The van der Waals surface area contributed by atoms with Gasteiger partial charge in [-0.1, -0.05) is 41.4 Å². The number of hydrogen-bond donors (Lipinski definition) is 0. The smallest absolute Gasteiger partial charge is 0.198 e. The standard InChI is InChI=1S/C12H5Cl2F3N4/c13-9-8(10(14)21-11(20-9)18-5-19-21)6-3-1-2-4-7(6)12(15,16)17/h1-5H. The molecule has 2 heterocycles. The highest BCUT2D eigenvalue weighted by Crippen LogP contribution is 2.41.